The van der Waals surface area contributed by atoms with Crippen molar-refractivity contribution in [2.45, 2.75) is 25.3 Å². The monoisotopic (exact) mass is 477 g/mol. The summed E-state index contributed by atoms with van der Waals surface area (Å²) in [4.78, 5) is 19.2. The van der Waals surface area contributed by atoms with Crippen molar-refractivity contribution in [3.8, 4) is 5.75 Å². The van der Waals surface area contributed by atoms with Crippen LogP contribution < -0.4 is 10.5 Å². The molecule has 4 rings (SSSR count). The van der Waals surface area contributed by atoms with Crippen LogP contribution >= 0.6 is 11.6 Å². The average Bonchev–Trinajstić information content (AvgIpc) is 3.14. The highest BCUT2D eigenvalue weighted by Crippen LogP contribution is 2.37. The number of rotatable bonds is 8. The molecule has 2 aliphatic rings. The molecule has 0 aliphatic carbocycles. The smallest absolute Gasteiger partial charge is 0.257 e. The van der Waals surface area contributed by atoms with E-state index in [-0.39, 0.29) is 12.5 Å². The standard InChI is InChI=1S/C23H26ClF2N5O2/c24-17-6-1-2-7-19(17)33-13-18(27)22(32)30-10-8-20-23(14-30,11-16-5-3-4-9-28-16)15-31(29-20)12-21(25)26/h1-7,9,18,21H,8,10-15,27H2/t18-,23-/m1/s1. The van der Waals surface area contributed by atoms with Crippen molar-refractivity contribution in [2.75, 3.05) is 32.8 Å². The molecule has 1 aromatic carbocycles. The summed E-state index contributed by atoms with van der Waals surface area (Å²) in [6, 6.07) is 11.7. The Labute approximate surface area is 196 Å². The Balaban J connectivity index is 1.47. The zero-order valence-electron chi connectivity index (χ0n) is 18.0. The molecule has 0 radical (unpaired) electrons. The first-order chi connectivity index (χ1) is 15.9. The van der Waals surface area contributed by atoms with Crippen molar-refractivity contribution in [1.29, 1.82) is 0 Å². The fourth-order valence-electron chi connectivity index (χ4n) is 4.46. The molecule has 0 spiro atoms. The number of piperidine rings is 1. The second-order valence-electron chi connectivity index (χ2n) is 8.42. The van der Waals surface area contributed by atoms with E-state index in [1.165, 1.54) is 5.01 Å². The van der Waals surface area contributed by atoms with Crippen molar-refractivity contribution in [3.63, 3.8) is 0 Å². The van der Waals surface area contributed by atoms with Crippen LogP contribution in [0.1, 0.15) is 12.1 Å². The van der Waals surface area contributed by atoms with Crippen LogP contribution in [0.4, 0.5) is 8.78 Å². The fraction of sp³-hybridized carbons (Fsp3) is 0.435. The Morgan fingerprint density at radius 1 is 1.21 bits per heavy atom. The zero-order chi connectivity index (χ0) is 23.4. The number of carbonyl (C=O) groups is 1. The SMILES string of the molecule is N[C@H](COc1ccccc1Cl)C(=O)N1CCC2=NN(CC(F)F)C[C@@]2(Cc2ccccn2)C1. The van der Waals surface area contributed by atoms with Crippen LogP contribution in [0.3, 0.4) is 0 Å². The molecule has 3 heterocycles. The molecular weight excluding hydrogens is 452 g/mol. The van der Waals surface area contributed by atoms with Gasteiger partial charge in [-0.05, 0) is 24.3 Å². The summed E-state index contributed by atoms with van der Waals surface area (Å²) < 4.78 is 31.8. The molecule has 2 aliphatic heterocycles. The summed E-state index contributed by atoms with van der Waals surface area (Å²) in [5.74, 6) is 0.203. The maximum Gasteiger partial charge on any atom is 0.257 e. The van der Waals surface area contributed by atoms with Crippen LogP contribution in [0, 0.1) is 5.41 Å². The van der Waals surface area contributed by atoms with Gasteiger partial charge in [-0.3, -0.25) is 14.8 Å². The average molecular weight is 478 g/mol. The predicted molar refractivity (Wildman–Crippen MR) is 122 cm³/mol. The number of benzene rings is 1. The molecule has 0 bridgehead atoms. The molecule has 33 heavy (non-hydrogen) atoms. The van der Waals surface area contributed by atoms with Crippen LogP contribution in [0.2, 0.25) is 5.02 Å². The minimum Gasteiger partial charge on any atom is -0.490 e. The Bertz CT molecular complexity index is 1010. The Morgan fingerprint density at radius 3 is 2.73 bits per heavy atom. The van der Waals surface area contributed by atoms with Crippen molar-refractivity contribution < 1.29 is 18.3 Å². The lowest BCUT2D eigenvalue weighted by molar-refractivity contribution is -0.134. The van der Waals surface area contributed by atoms with Crippen LogP contribution in [-0.4, -0.2) is 71.8 Å². The number of aromatic nitrogens is 1. The molecule has 1 saturated heterocycles. The third kappa shape index (κ3) is 5.42. The van der Waals surface area contributed by atoms with Gasteiger partial charge in [0.05, 0.1) is 17.0 Å². The normalized spacial score (nSPS) is 21.1. The summed E-state index contributed by atoms with van der Waals surface area (Å²) in [5, 5.41) is 6.33. The molecule has 0 unspecified atom stereocenters. The number of amides is 1. The van der Waals surface area contributed by atoms with Gasteiger partial charge in [0, 0.05) is 50.1 Å². The third-order valence-corrected chi connectivity index (χ3v) is 6.26. The molecule has 1 fully saturated rings. The van der Waals surface area contributed by atoms with Crippen molar-refractivity contribution in [2.24, 2.45) is 16.3 Å². The van der Waals surface area contributed by atoms with E-state index in [9.17, 15) is 13.6 Å². The highest BCUT2D eigenvalue weighted by molar-refractivity contribution is 6.32. The Morgan fingerprint density at radius 2 is 2.00 bits per heavy atom. The number of pyridine rings is 1. The molecule has 2 N–H and O–H groups in total. The number of hydrogen-bond donors (Lipinski definition) is 1. The van der Waals surface area contributed by atoms with Crippen LogP contribution in [0.15, 0.2) is 53.8 Å². The molecular formula is C23H26ClF2N5O2. The molecule has 1 amide bonds. The van der Waals surface area contributed by atoms with E-state index in [0.717, 1.165) is 11.4 Å². The van der Waals surface area contributed by atoms with Gasteiger partial charge in [-0.25, -0.2) is 8.78 Å². The predicted octanol–water partition coefficient (Wildman–Crippen LogP) is 2.84. The van der Waals surface area contributed by atoms with Crippen LogP contribution in [-0.2, 0) is 11.2 Å². The molecule has 7 nitrogen and oxygen atoms in total. The minimum atomic E-state index is -2.49. The summed E-state index contributed by atoms with van der Waals surface area (Å²) in [6.45, 7) is 0.598. The number of alkyl halides is 2. The molecule has 10 heteroatoms. The van der Waals surface area contributed by atoms with Gasteiger partial charge in [0.1, 0.15) is 18.4 Å². The van der Waals surface area contributed by atoms with Gasteiger partial charge in [-0.15, -0.1) is 0 Å². The molecule has 0 saturated carbocycles. The maximum atomic E-state index is 13.1. The number of para-hydroxylation sites is 1. The van der Waals surface area contributed by atoms with E-state index >= 15 is 0 Å². The molecule has 2 aromatic rings. The first kappa shape index (κ1) is 23.4. The summed E-state index contributed by atoms with van der Waals surface area (Å²) in [7, 11) is 0. The maximum absolute atomic E-state index is 13.1. The largest absolute Gasteiger partial charge is 0.490 e. The van der Waals surface area contributed by atoms with Crippen LogP contribution in [0.5, 0.6) is 5.75 Å². The second-order valence-corrected chi connectivity index (χ2v) is 8.83. The van der Waals surface area contributed by atoms with Gasteiger partial charge in [-0.1, -0.05) is 29.8 Å². The Hall–Kier alpha value is -2.78. The van der Waals surface area contributed by atoms with E-state index in [1.807, 2.05) is 18.2 Å². The van der Waals surface area contributed by atoms with Gasteiger partial charge in [0.25, 0.3) is 6.43 Å². The van der Waals surface area contributed by atoms with Gasteiger partial charge in [0.2, 0.25) is 5.91 Å². The lowest BCUT2D eigenvalue weighted by Gasteiger charge is -2.41. The van der Waals surface area contributed by atoms with E-state index in [1.54, 1.807) is 35.4 Å². The molecule has 176 valence electrons. The van der Waals surface area contributed by atoms with Crippen molar-refractivity contribution >= 4 is 23.2 Å². The fourth-order valence-corrected chi connectivity index (χ4v) is 4.65. The van der Waals surface area contributed by atoms with Gasteiger partial charge in [0.15, 0.2) is 0 Å². The third-order valence-electron chi connectivity index (χ3n) is 5.95. The quantitative estimate of drug-likeness (QED) is 0.632. The summed E-state index contributed by atoms with van der Waals surface area (Å²) >= 11 is 6.10. The van der Waals surface area contributed by atoms with E-state index in [0.29, 0.717) is 43.2 Å². The lowest BCUT2D eigenvalue weighted by atomic mass is 9.74. The number of hydrogen-bond acceptors (Lipinski definition) is 6. The Kier molecular flexibility index (Phi) is 7.09. The number of nitrogens with two attached hydrogens (primary N) is 1. The first-order valence-corrected chi connectivity index (χ1v) is 11.2. The van der Waals surface area contributed by atoms with Crippen molar-refractivity contribution in [1.82, 2.24) is 14.9 Å². The summed E-state index contributed by atoms with van der Waals surface area (Å²) in [5.41, 5.74) is 7.23. The highest BCUT2D eigenvalue weighted by atomic mass is 35.5. The van der Waals surface area contributed by atoms with Gasteiger partial charge >= 0.3 is 0 Å². The number of hydrazone groups is 1. The van der Waals surface area contributed by atoms with E-state index in [2.05, 4.69) is 10.1 Å². The molecule has 1 aromatic heterocycles. The number of carbonyl (C=O) groups excluding carboxylic acids is 1. The minimum absolute atomic E-state index is 0.0231. The first-order valence-electron chi connectivity index (χ1n) is 10.8. The number of ether oxygens (including phenoxy) is 1. The van der Waals surface area contributed by atoms with Crippen molar-refractivity contribution in [3.05, 3.63) is 59.4 Å². The van der Waals surface area contributed by atoms with Gasteiger partial charge in [-0.2, -0.15) is 5.10 Å². The number of fused-ring (bicyclic) bond motifs is 1. The van der Waals surface area contributed by atoms with Gasteiger partial charge < -0.3 is 15.4 Å². The number of halogens is 3. The highest BCUT2D eigenvalue weighted by Gasteiger charge is 2.48. The lowest BCUT2D eigenvalue weighted by Crippen LogP contribution is -2.57. The number of nitrogens with zero attached hydrogens (tertiary/aromatic N) is 4. The topological polar surface area (TPSA) is 84.0 Å². The van der Waals surface area contributed by atoms with Crippen LogP contribution in [0.25, 0.3) is 0 Å². The summed E-state index contributed by atoms with van der Waals surface area (Å²) in [6.07, 6.45) is 0.204. The number of likely N-dealkylation sites (tertiary alicyclic amines) is 1. The zero-order valence-corrected chi connectivity index (χ0v) is 18.8. The molecule has 2 atom stereocenters. The second kappa shape index (κ2) is 10.0. The van der Waals surface area contributed by atoms with E-state index < -0.39 is 24.4 Å². The van der Waals surface area contributed by atoms with E-state index in [4.69, 9.17) is 22.1 Å².